The SMILES string of the molecule is CN(C)c1ccc([C@@H](N2CCNCC2)C(F)(F)F)c(Cl)c1. The smallest absolute Gasteiger partial charge is 0.378 e. The van der Waals surface area contributed by atoms with Crippen molar-refractivity contribution in [2.75, 3.05) is 45.2 Å². The van der Waals surface area contributed by atoms with E-state index in [-0.39, 0.29) is 10.6 Å². The summed E-state index contributed by atoms with van der Waals surface area (Å²) in [5.74, 6) is 0. The lowest BCUT2D eigenvalue weighted by molar-refractivity contribution is -0.187. The normalized spacial score (nSPS) is 18.6. The molecule has 7 heteroatoms. The minimum Gasteiger partial charge on any atom is -0.378 e. The number of rotatable bonds is 3. The molecule has 1 fully saturated rings. The van der Waals surface area contributed by atoms with Crippen LogP contribution in [0.3, 0.4) is 0 Å². The van der Waals surface area contributed by atoms with Gasteiger partial charge in [-0.3, -0.25) is 4.90 Å². The van der Waals surface area contributed by atoms with E-state index < -0.39 is 12.2 Å². The first-order chi connectivity index (χ1) is 9.80. The number of alkyl halides is 3. The highest BCUT2D eigenvalue weighted by Crippen LogP contribution is 2.41. The van der Waals surface area contributed by atoms with Gasteiger partial charge in [0.2, 0.25) is 0 Å². The van der Waals surface area contributed by atoms with E-state index in [0.29, 0.717) is 26.2 Å². The molecule has 3 nitrogen and oxygen atoms in total. The van der Waals surface area contributed by atoms with E-state index in [0.717, 1.165) is 5.69 Å². The van der Waals surface area contributed by atoms with Crippen LogP contribution in [0.25, 0.3) is 0 Å². The number of nitrogens with one attached hydrogen (secondary N) is 1. The minimum absolute atomic E-state index is 0.122. The van der Waals surface area contributed by atoms with Crippen molar-refractivity contribution in [3.05, 3.63) is 28.8 Å². The first-order valence-corrected chi connectivity index (χ1v) is 7.17. The van der Waals surface area contributed by atoms with Gasteiger partial charge in [0.25, 0.3) is 0 Å². The molecule has 1 aromatic rings. The molecule has 118 valence electrons. The molecule has 2 rings (SSSR count). The van der Waals surface area contributed by atoms with Gasteiger partial charge in [0.15, 0.2) is 0 Å². The van der Waals surface area contributed by atoms with Gasteiger partial charge >= 0.3 is 6.18 Å². The molecule has 0 radical (unpaired) electrons. The van der Waals surface area contributed by atoms with Gasteiger partial charge in [0, 0.05) is 51.0 Å². The summed E-state index contributed by atoms with van der Waals surface area (Å²) in [6.07, 6.45) is -4.35. The van der Waals surface area contributed by atoms with Gasteiger partial charge in [-0.2, -0.15) is 13.2 Å². The van der Waals surface area contributed by atoms with Gasteiger partial charge in [-0.25, -0.2) is 0 Å². The number of benzene rings is 1. The largest absolute Gasteiger partial charge is 0.408 e. The fourth-order valence-corrected chi connectivity index (χ4v) is 2.81. The van der Waals surface area contributed by atoms with E-state index in [9.17, 15) is 13.2 Å². The predicted octanol–water partition coefficient (Wildman–Crippen LogP) is 2.91. The van der Waals surface area contributed by atoms with Gasteiger partial charge in [0.1, 0.15) is 6.04 Å². The quantitative estimate of drug-likeness (QED) is 0.923. The second kappa shape index (κ2) is 6.42. The first kappa shape index (κ1) is 16.4. The molecule has 0 amide bonds. The summed E-state index contributed by atoms with van der Waals surface area (Å²) in [5, 5.41) is 3.22. The molecular weight excluding hydrogens is 303 g/mol. The lowest BCUT2D eigenvalue weighted by atomic mass is 10.0. The summed E-state index contributed by atoms with van der Waals surface area (Å²) in [5.41, 5.74) is 0.904. The zero-order chi connectivity index (χ0) is 15.6. The van der Waals surface area contributed by atoms with Crippen LogP contribution in [0.2, 0.25) is 5.02 Å². The summed E-state index contributed by atoms with van der Waals surface area (Å²) in [7, 11) is 3.64. The molecule has 1 N–H and O–H groups in total. The number of hydrogen-bond acceptors (Lipinski definition) is 3. The summed E-state index contributed by atoms with van der Waals surface area (Å²) < 4.78 is 40.5. The average molecular weight is 322 g/mol. The second-order valence-corrected chi connectivity index (χ2v) is 5.74. The fraction of sp³-hybridized carbons (Fsp3) is 0.571. The monoisotopic (exact) mass is 321 g/mol. The van der Waals surface area contributed by atoms with Crippen molar-refractivity contribution in [3.63, 3.8) is 0 Å². The van der Waals surface area contributed by atoms with E-state index in [1.54, 1.807) is 12.1 Å². The molecule has 1 heterocycles. The van der Waals surface area contributed by atoms with E-state index in [4.69, 9.17) is 11.6 Å². The molecule has 0 aliphatic carbocycles. The van der Waals surface area contributed by atoms with Crippen molar-refractivity contribution in [2.24, 2.45) is 0 Å². The Hall–Kier alpha value is -0.980. The van der Waals surface area contributed by atoms with Gasteiger partial charge in [0.05, 0.1) is 0 Å². The van der Waals surface area contributed by atoms with Gasteiger partial charge in [-0.15, -0.1) is 0 Å². The molecule has 1 aliphatic rings. The first-order valence-electron chi connectivity index (χ1n) is 6.79. The third kappa shape index (κ3) is 3.81. The van der Waals surface area contributed by atoms with Crippen LogP contribution in [0.1, 0.15) is 11.6 Å². The summed E-state index contributed by atoms with van der Waals surface area (Å²) >= 11 is 6.12. The second-order valence-electron chi connectivity index (χ2n) is 5.33. The van der Waals surface area contributed by atoms with Crippen LogP contribution < -0.4 is 10.2 Å². The van der Waals surface area contributed by atoms with Gasteiger partial charge in [-0.05, 0) is 17.7 Å². The Balaban J connectivity index is 2.37. The molecule has 1 aromatic carbocycles. The molecule has 0 spiro atoms. The van der Waals surface area contributed by atoms with E-state index in [2.05, 4.69) is 5.32 Å². The third-order valence-electron chi connectivity index (χ3n) is 3.62. The highest BCUT2D eigenvalue weighted by atomic mass is 35.5. The number of hydrogen-bond donors (Lipinski definition) is 1. The van der Waals surface area contributed by atoms with Crippen LogP contribution in [-0.4, -0.2) is 51.4 Å². The highest BCUT2D eigenvalue weighted by Gasteiger charge is 2.45. The van der Waals surface area contributed by atoms with Gasteiger partial charge < -0.3 is 10.2 Å². The Morgan fingerprint density at radius 1 is 1.24 bits per heavy atom. The number of nitrogens with zero attached hydrogens (tertiary/aromatic N) is 2. The molecule has 0 unspecified atom stereocenters. The molecule has 1 aliphatic heterocycles. The fourth-order valence-electron chi connectivity index (χ4n) is 2.54. The summed E-state index contributed by atoms with van der Waals surface area (Å²) in [4.78, 5) is 3.25. The van der Waals surface area contributed by atoms with Crippen molar-refractivity contribution in [2.45, 2.75) is 12.2 Å². The molecule has 1 saturated heterocycles. The molecule has 21 heavy (non-hydrogen) atoms. The standard InChI is InChI=1S/C14H19ClF3N3/c1-20(2)10-3-4-11(12(15)9-10)13(14(16,17)18)21-7-5-19-6-8-21/h3-4,9,13,19H,5-8H2,1-2H3/t13-/m1/s1. The molecular formula is C14H19ClF3N3. The number of anilines is 1. The lowest BCUT2D eigenvalue weighted by Crippen LogP contribution is -2.49. The van der Waals surface area contributed by atoms with E-state index >= 15 is 0 Å². The van der Waals surface area contributed by atoms with Crippen LogP contribution in [0.4, 0.5) is 18.9 Å². The Labute approximate surface area is 127 Å². The maximum Gasteiger partial charge on any atom is 0.408 e. The topological polar surface area (TPSA) is 18.5 Å². The van der Waals surface area contributed by atoms with Crippen LogP contribution >= 0.6 is 11.6 Å². The van der Waals surface area contributed by atoms with E-state index in [1.165, 1.54) is 11.0 Å². The lowest BCUT2D eigenvalue weighted by Gasteiger charge is -2.36. The molecule has 0 bridgehead atoms. The number of piperazine rings is 1. The Morgan fingerprint density at radius 3 is 2.33 bits per heavy atom. The van der Waals surface area contributed by atoms with Crippen molar-refractivity contribution in [3.8, 4) is 0 Å². The highest BCUT2D eigenvalue weighted by molar-refractivity contribution is 6.31. The summed E-state index contributed by atoms with van der Waals surface area (Å²) in [6.45, 7) is 1.83. The van der Waals surface area contributed by atoms with Crippen LogP contribution in [0.15, 0.2) is 18.2 Å². The summed E-state index contributed by atoms with van der Waals surface area (Å²) in [6, 6.07) is 3.08. The zero-order valence-electron chi connectivity index (χ0n) is 12.0. The Morgan fingerprint density at radius 2 is 1.86 bits per heavy atom. The van der Waals surface area contributed by atoms with Crippen molar-refractivity contribution < 1.29 is 13.2 Å². The molecule has 0 aromatic heterocycles. The predicted molar refractivity (Wildman–Crippen MR) is 79.0 cm³/mol. The average Bonchev–Trinajstić information content (AvgIpc) is 2.40. The van der Waals surface area contributed by atoms with Gasteiger partial charge in [-0.1, -0.05) is 17.7 Å². The maximum absolute atomic E-state index is 13.5. The zero-order valence-corrected chi connectivity index (χ0v) is 12.8. The number of halogens is 4. The molecule has 1 atom stereocenters. The van der Waals surface area contributed by atoms with Crippen LogP contribution in [0, 0.1) is 0 Å². The maximum atomic E-state index is 13.5. The van der Waals surface area contributed by atoms with Crippen molar-refractivity contribution in [1.82, 2.24) is 10.2 Å². The third-order valence-corrected chi connectivity index (χ3v) is 3.95. The Bertz CT molecular complexity index is 485. The van der Waals surface area contributed by atoms with Crippen molar-refractivity contribution >= 4 is 17.3 Å². The van der Waals surface area contributed by atoms with Crippen LogP contribution in [0.5, 0.6) is 0 Å². The molecule has 0 saturated carbocycles. The minimum atomic E-state index is -4.35. The van der Waals surface area contributed by atoms with Crippen molar-refractivity contribution in [1.29, 1.82) is 0 Å². The Kier molecular flexibility index (Phi) is 5.01. The van der Waals surface area contributed by atoms with Crippen LogP contribution in [-0.2, 0) is 0 Å². The van der Waals surface area contributed by atoms with E-state index in [1.807, 2.05) is 19.0 Å².